The Morgan fingerprint density at radius 3 is 1.14 bits per heavy atom. The summed E-state index contributed by atoms with van der Waals surface area (Å²) in [7, 11) is 5.77. The summed E-state index contributed by atoms with van der Waals surface area (Å²) >= 11 is 40.1. The number of amides is 3. The number of fused-ring (bicyclic) bond motifs is 9. The summed E-state index contributed by atoms with van der Waals surface area (Å²) in [5.74, 6) is -0.906. The van der Waals surface area contributed by atoms with Crippen molar-refractivity contribution < 1.29 is 58.3 Å². The maximum absolute atomic E-state index is 14.7. The van der Waals surface area contributed by atoms with Gasteiger partial charge in [-0.05, 0) is 294 Å². The first-order chi connectivity index (χ1) is 67.6. The molecule has 7 aromatic heterocycles. The van der Waals surface area contributed by atoms with Crippen LogP contribution in [0.25, 0.3) is 66.1 Å². The van der Waals surface area contributed by atoms with E-state index in [1.807, 2.05) is 225 Å². The first-order valence-electron chi connectivity index (χ1n) is 47.5. The van der Waals surface area contributed by atoms with Gasteiger partial charge in [0.2, 0.25) is 0 Å². The van der Waals surface area contributed by atoms with Crippen LogP contribution in [0.5, 0.6) is 17.2 Å². The van der Waals surface area contributed by atoms with E-state index in [2.05, 4.69) is 42.7 Å². The molecule has 15 aromatic rings. The van der Waals surface area contributed by atoms with Gasteiger partial charge in [0.15, 0.2) is 0 Å². The molecule has 3 aliphatic heterocycles. The molecule has 3 aliphatic rings. The molecule has 0 radical (unpaired) electrons. The van der Waals surface area contributed by atoms with Gasteiger partial charge in [0.1, 0.15) is 34.3 Å². The van der Waals surface area contributed by atoms with Gasteiger partial charge in [-0.2, -0.15) is 15.3 Å². The quantitative estimate of drug-likeness (QED) is 0.0403. The summed E-state index contributed by atoms with van der Waals surface area (Å²) in [5.41, 5.74) is 27.1. The van der Waals surface area contributed by atoms with Gasteiger partial charge in [0, 0.05) is 160 Å². The smallest absolute Gasteiger partial charge is 0.337 e. The van der Waals surface area contributed by atoms with Crippen molar-refractivity contribution in [3.63, 3.8) is 0 Å². The summed E-state index contributed by atoms with van der Waals surface area (Å²) < 4.78 is 30.5. The van der Waals surface area contributed by atoms with E-state index in [9.17, 15) is 44.1 Å². The number of nitrogens with zero attached hydrogens (tertiary/aromatic N) is 13. The number of aryl methyl sites for hydroxylation is 15. The van der Waals surface area contributed by atoms with E-state index in [1.165, 1.54) is 12.3 Å². The molecule has 31 heteroatoms. The molecule has 3 atom stereocenters. The number of rotatable bonds is 27. The van der Waals surface area contributed by atoms with Crippen molar-refractivity contribution in [3.8, 4) is 50.6 Å². The van der Waals surface area contributed by atoms with Crippen molar-refractivity contribution in [1.82, 2.24) is 62.7 Å². The molecule has 0 spiro atoms. The third-order valence-corrected chi connectivity index (χ3v) is 30.4. The van der Waals surface area contributed by atoms with Gasteiger partial charge in [0.05, 0.1) is 97.4 Å². The number of pyridine rings is 1. The van der Waals surface area contributed by atoms with Crippen LogP contribution in [-0.4, -0.2) is 153 Å². The van der Waals surface area contributed by atoms with E-state index >= 15 is 0 Å². The fourth-order valence-electron chi connectivity index (χ4n) is 20.8. The number of halogens is 6. The number of hydrogen-bond donors (Lipinski definition) is 3. The second-order valence-electron chi connectivity index (χ2n) is 38.0. The van der Waals surface area contributed by atoms with Crippen LogP contribution < -0.4 is 14.2 Å². The van der Waals surface area contributed by atoms with Crippen LogP contribution in [0.15, 0.2) is 140 Å². The minimum atomic E-state index is -1.04. The van der Waals surface area contributed by atoms with Gasteiger partial charge in [-0.1, -0.05) is 119 Å². The molecule has 25 nitrogen and oxygen atoms in total. The second-order valence-corrected chi connectivity index (χ2v) is 40.3. The standard InChI is InChI=1S/C37H39Cl2N5O4.2C37H38Cl2N4O4/c1-20-17-43(19-26-10-9-25(16-40-26)37(46)47)36(45)35-28(8-7-13-48-27-14-21(2)33(39)22(3)15-27)29-11-12-30(38)32(34(29)44(35)18-20)31-23(4)41-42(6)24(31)5;1-20-15-27(16-21(2)33(20)39)47-14-8-11-28-29-12-13-30(38)32(31-23(4)40-41(6)24(31)5)34(29)43-18-22(3)42(36(44)35(28)43)19-25-9-7-10-26(17-25)37(45)46;1-20-15-27(16-21(2)33(20)39)47-14-8-11-28-29-12-13-30(38)32(31-23(4)40-41(6)24(31)5)34(29)43-22(3)18-42(36(44)35(28)43)19-25-9-7-10-26(17-25)37(45)46/h9-12,14-16,20H,7-8,13,17-19H2,1-6H3,(H,46,47);2*7,9-10,12-13,15-17,22H,8,11,14,18-19H2,1-6H3,(H,45,46)/t;22-;/m.0./s1. The highest BCUT2D eigenvalue weighted by Crippen LogP contribution is 2.49. The van der Waals surface area contributed by atoms with Crippen molar-refractivity contribution in [1.29, 1.82) is 0 Å². The SMILES string of the molecule is Cc1cc(OCCCc2c3n(c4c(-c5c(C)nn(C)c5C)c(Cl)ccc24)C(C)CN(Cc2cccc(C(=O)O)c2)C3=O)cc(C)c1Cl.Cc1cc(OCCCc2c3n(c4c(-c5c(C)nn(C)c5C)c(Cl)ccc24)CC(C)CN(Cc2ccc(C(=O)O)cn2)C3=O)cc(C)c1Cl.Cc1cc(OCCCc2c3n(c4c(-c5c(C)nn(C)c5C)c(Cl)ccc24)C[C@H](C)N(Cc2cccc(C(=O)O)c2)C3=O)cc(C)c1Cl. The van der Waals surface area contributed by atoms with E-state index in [-0.39, 0.29) is 59.0 Å². The minimum Gasteiger partial charge on any atom is -0.494 e. The average molecular weight is 2040 g/mol. The fraction of sp³-hybridized carbons (Fsp3) is 0.333. The Labute approximate surface area is 855 Å². The highest BCUT2D eigenvalue weighted by molar-refractivity contribution is 6.37. The first kappa shape index (κ1) is 102. The second kappa shape index (κ2) is 42.0. The molecule has 8 aromatic carbocycles. The molecule has 0 aliphatic carbocycles. The van der Waals surface area contributed by atoms with Crippen LogP contribution in [0.2, 0.25) is 30.1 Å². The Bertz CT molecular complexity index is 7520. The van der Waals surface area contributed by atoms with Crippen LogP contribution in [0.4, 0.5) is 0 Å². The number of carbonyl (C=O) groups excluding carboxylic acids is 3. The van der Waals surface area contributed by atoms with Crippen molar-refractivity contribution in [2.24, 2.45) is 27.1 Å². The van der Waals surface area contributed by atoms with Crippen LogP contribution >= 0.6 is 69.6 Å². The van der Waals surface area contributed by atoms with Gasteiger partial charge in [-0.25, -0.2) is 14.4 Å². The highest BCUT2D eigenvalue weighted by atomic mass is 35.5. The average Bonchev–Trinajstić information content (AvgIpc) is 1.56. The predicted octanol–water partition coefficient (Wildman–Crippen LogP) is 24.8. The largest absolute Gasteiger partial charge is 0.494 e. The van der Waals surface area contributed by atoms with Crippen molar-refractivity contribution in [2.75, 3.05) is 32.9 Å². The Kier molecular flexibility index (Phi) is 30.2. The summed E-state index contributed by atoms with van der Waals surface area (Å²) in [5, 5.41) is 49.4. The summed E-state index contributed by atoms with van der Waals surface area (Å²) in [6.45, 7) is 34.5. The molecule has 0 fully saturated rings. The van der Waals surface area contributed by atoms with Crippen molar-refractivity contribution >= 4 is 138 Å². The zero-order valence-corrected chi connectivity index (χ0v) is 87.5. The van der Waals surface area contributed by atoms with Gasteiger partial charge < -0.3 is 57.9 Å². The van der Waals surface area contributed by atoms with Crippen LogP contribution in [0, 0.1) is 89.0 Å². The van der Waals surface area contributed by atoms with E-state index in [0.29, 0.717) is 135 Å². The maximum atomic E-state index is 14.7. The molecule has 2 unspecified atom stereocenters. The third kappa shape index (κ3) is 20.1. The molecule has 10 heterocycles. The van der Waals surface area contributed by atoms with Crippen LogP contribution in [0.3, 0.4) is 0 Å². The Morgan fingerprint density at radius 2 is 0.754 bits per heavy atom. The number of aromatic nitrogens is 10. The molecule has 0 bridgehead atoms. The molecule has 738 valence electrons. The molecule has 18 rings (SSSR count). The fourth-order valence-corrected chi connectivity index (χ4v) is 21.9. The van der Waals surface area contributed by atoms with Crippen molar-refractivity contribution in [3.05, 3.63) is 305 Å². The van der Waals surface area contributed by atoms with E-state index in [4.69, 9.17) is 88.9 Å². The van der Waals surface area contributed by atoms with Crippen LogP contribution in [-0.2, 0) is 73.1 Å². The normalized spacial score (nSPS) is 14.7. The zero-order valence-electron chi connectivity index (χ0n) is 82.9. The number of aromatic carboxylic acids is 3. The zero-order chi connectivity index (χ0) is 102. The first-order valence-corrected chi connectivity index (χ1v) is 49.8. The number of carboxylic acid groups (broad SMARTS) is 3. The lowest BCUT2D eigenvalue weighted by molar-refractivity contribution is 0.0595. The lowest BCUT2D eigenvalue weighted by atomic mass is 9.98. The highest BCUT2D eigenvalue weighted by Gasteiger charge is 2.41. The maximum Gasteiger partial charge on any atom is 0.337 e. The topological polar surface area (TPSA) is 282 Å². The summed E-state index contributed by atoms with van der Waals surface area (Å²) in [6.07, 6.45) is 5.20. The molecular weight excluding hydrogens is 1920 g/mol. The number of carbonyl (C=O) groups is 6. The summed E-state index contributed by atoms with van der Waals surface area (Å²) in [6, 6.07) is 40.0. The van der Waals surface area contributed by atoms with E-state index < -0.39 is 17.9 Å². The van der Waals surface area contributed by atoms with Crippen LogP contribution in [0.1, 0.15) is 210 Å². The minimum absolute atomic E-state index is 0.0765. The lowest BCUT2D eigenvalue weighted by Gasteiger charge is -2.35. The van der Waals surface area contributed by atoms with E-state index in [1.54, 1.807) is 42.5 Å². The summed E-state index contributed by atoms with van der Waals surface area (Å²) in [4.78, 5) is 88.3. The molecule has 0 saturated carbocycles. The van der Waals surface area contributed by atoms with Gasteiger partial charge in [0.25, 0.3) is 17.7 Å². The molecular formula is C111H115Cl6N13O12. The number of carboxylic acids is 3. The predicted molar refractivity (Wildman–Crippen MR) is 561 cm³/mol. The molecule has 142 heavy (non-hydrogen) atoms. The van der Waals surface area contributed by atoms with Crippen molar-refractivity contribution in [2.45, 2.75) is 187 Å². The molecule has 3 amide bonds. The third-order valence-electron chi connectivity index (χ3n) is 27.7. The lowest BCUT2D eigenvalue weighted by Crippen LogP contribution is -2.46. The molecule has 0 saturated heterocycles. The van der Waals surface area contributed by atoms with E-state index in [0.717, 1.165) is 194 Å². The Hall–Kier alpha value is -12.9. The number of ether oxygens (including phenoxy) is 3. The Morgan fingerprint density at radius 1 is 0.387 bits per heavy atom. The molecule has 3 N–H and O–H groups in total. The van der Waals surface area contributed by atoms with Gasteiger partial charge >= 0.3 is 17.9 Å². The van der Waals surface area contributed by atoms with Gasteiger partial charge in [-0.15, -0.1) is 0 Å². The van der Waals surface area contributed by atoms with Gasteiger partial charge in [-0.3, -0.25) is 33.4 Å². The number of hydrogen-bond acceptors (Lipinski definition) is 13. The number of benzene rings is 8. The monoisotopic (exact) mass is 2030 g/mol. The Balaban J connectivity index is 0.000000153.